The summed E-state index contributed by atoms with van der Waals surface area (Å²) in [5, 5.41) is 14.2. The molecule has 1 unspecified atom stereocenters. The number of hydrogen-bond acceptors (Lipinski definition) is 3. The lowest BCUT2D eigenvalue weighted by Crippen LogP contribution is -2.32. The fraction of sp³-hybridized carbons (Fsp3) is 0.103. The molecule has 0 saturated heterocycles. The Morgan fingerprint density at radius 1 is 1.03 bits per heavy atom. The van der Waals surface area contributed by atoms with Crippen LogP contribution in [0.3, 0.4) is 0 Å². The van der Waals surface area contributed by atoms with Crippen LogP contribution in [0.2, 0.25) is 5.02 Å². The number of phenols is 1. The number of rotatable bonds is 7. The van der Waals surface area contributed by atoms with Gasteiger partial charge in [-0.3, -0.25) is 9.78 Å². The largest absolute Gasteiger partial charge is 0.508 e. The topological polar surface area (TPSA) is 78.0 Å². The fourth-order valence-electron chi connectivity index (χ4n) is 4.48. The molecule has 186 valence electrons. The minimum Gasteiger partial charge on any atom is -0.508 e. The van der Waals surface area contributed by atoms with E-state index in [4.69, 9.17) is 11.6 Å². The predicted molar refractivity (Wildman–Crippen MR) is 139 cm³/mol. The zero-order valence-corrected chi connectivity index (χ0v) is 20.3. The smallest absolute Gasteiger partial charge is 0.225 e. The van der Waals surface area contributed by atoms with Crippen molar-refractivity contribution in [2.24, 2.45) is 0 Å². The summed E-state index contributed by atoms with van der Waals surface area (Å²) >= 11 is 6.06. The summed E-state index contributed by atoms with van der Waals surface area (Å²) in [6, 6.07) is 18.4. The molecular formula is C29H22ClF2N3O2. The number of aromatic hydroxyl groups is 1. The second kappa shape index (κ2) is 10.4. The lowest BCUT2D eigenvalue weighted by atomic mass is 9.95. The van der Waals surface area contributed by atoms with E-state index in [2.05, 4.69) is 15.3 Å². The molecule has 5 aromatic rings. The molecule has 0 radical (unpaired) electrons. The highest BCUT2D eigenvalue weighted by Crippen LogP contribution is 2.30. The van der Waals surface area contributed by atoms with Crippen LogP contribution in [0.4, 0.5) is 8.78 Å². The van der Waals surface area contributed by atoms with Gasteiger partial charge in [-0.1, -0.05) is 29.8 Å². The van der Waals surface area contributed by atoms with E-state index in [0.29, 0.717) is 21.8 Å². The van der Waals surface area contributed by atoms with Gasteiger partial charge < -0.3 is 15.4 Å². The zero-order valence-electron chi connectivity index (χ0n) is 19.5. The Hall–Kier alpha value is -4.23. The minimum atomic E-state index is -0.697. The minimum absolute atomic E-state index is 0.0284. The standard InChI is InChI=1S/C29H22ClF2N3O2/c30-20-5-3-18(4-6-20)24-2-1-9-33-29(24)27(12-17-10-21(31)14-22(32)11-17)35-28(37)13-19-16-34-26-8-7-23(36)15-25(19)26/h1-11,14-16,27,34,36H,12-13H2,(H,35,37). The maximum atomic E-state index is 14.0. The van der Waals surface area contributed by atoms with Gasteiger partial charge in [0.05, 0.1) is 18.2 Å². The van der Waals surface area contributed by atoms with Crippen LogP contribution < -0.4 is 5.32 Å². The highest BCUT2D eigenvalue weighted by atomic mass is 35.5. The molecule has 0 saturated carbocycles. The van der Waals surface area contributed by atoms with Gasteiger partial charge in [-0.25, -0.2) is 8.78 Å². The van der Waals surface area contributed by atoms with Gasteiger partial charge in [0.2, 0.25) is 5.91 Å². The Kier molecular flexibility index (Phi) is 6.88. The number of carbonyl (C=O) groups excluding carboxylic acids is 1. The fourth-order valence-corrected chi connectivity index (χ4v) is 4.61. The number of nitrogens with zero attached hydrogens (tertiary/aromatic N) is 1. The molecule has 2 aromatic heterocycles. The van der Waals surface area contributed by atoms with Crippen molar-refractivity contribution in [2.75, 3.05) is 0 Å². The van der Waals surface area contributed by atoms with Gasteiger partial charge in [-0.2, -0.15) is 0 Å². The number of halogens is 3. The van der Waals surface area contributed by atoms with Crippen LogP contribution in [0, 0.1) is 11.6 Å². The van der Waals surface area contributed by atoms with Crippen LogP contribution in [-0.4, -0.2) is 21.0 Å². The van der Waals surface area contributed by atoms with E-state index in [1.165, 1.54) is 12.1 Å². The molecule has 3 N–H and O–H groups in total. The molecule has 0 aliphatic carbocycles. The molecule has 0 aliphatic rings. The van der Waals surface area contributed by atoms with Crippen molar-refractivity contribution >= 4 is 28.4 Å². The van der Waals surface area contributed by atoms with Crippen LogP contribution in [-0.2, 0) is 17.6 Å². The molecule has 5 nitrogen and oxygen atoms in total. The van der Waals surface area contributed by atoms with Crippen molar-refractivity contribution in [2.45, 2.75) is 18.9 Å². The molecule has 0 spiro atoms. The molecule has 0 bridgehead atoms. The number of H-pyrrole nitrogens is 1. The summed E-state index contributed by atoms with van der Waals surface area (Å²) in [7, 11) is 0. The first-order valence-electron chi connectivity index (χ1n) is 11.6. The van der Waals surface area contributed by atoms with Crippen LogP contribution in [0.25, 0.3) is 22.0 Å². The van der Waals surface area contributed by atoms with Crippen molar-refractivity contribution in [3.8, 4) is 16.9 Å². The Morgan fingerprint density at radius 2 is 1.78 bits per heavy atom. The quantitative estimate of drug-likeness (QED) is 0.230. The molecule has 5 rings (SSSR count). The van der Waals surface area contributed by atoms with Crippen LogP contribution in [0.1, 0.15) is 22.9 Å². The second-order valence-electron chi connectivity index (χ2n) is 8.77. The summed E-state index contributed by atoms with van der Waals surface area (Å²) in [6.07, 6.45) is 3.48. The first-order chi connectivity index (χ1) is 17.9. The lowest BCUT2D eigenvalue weighted by molar-refractivity contribution is -0.121. The number of nitrogens with one attached hydrogen (secondary N) is 2. The van der Waals surface area contributed by atoms with Crippen molar-refractivity contribution in [3.63, 3.8) is 0 Å². The maximum Gasteiger partial charge on any atom is 0.225 e. The summed E-state index contributed by atoms with van der Waals surface area (Å²) < 4.78 is 28.0. The number of hydrogen-bond donors (Lipinski definition) is 3. The van der Waals surface area contributed by atoms with Gasteiger partial charge in [0.25, 0.3) is 0 Å². The zero-order chi connectivity index (χ0) is 25.9. The van der Waals surface area contributed by atoms with Gasteiger partial charge in [-0.15, -0.1) is 0 Å². The number of pyridine rings is 1. The SMILES string of the molecule is O=C(Cc1c[nH]c2ccc(O)cc12)NC(Cc1cc(F)cc(F)c1)c1ncccc1-c1ccc(Cl)cc1. The summed E-state index contributed by atoms with van der Waals surface area (Å²) in [4.78, 5) is 20.9. The van der Waals surface area contributed by atoms with Crippen molar-refractivity contribution < 1.29 is 18.7 Å². The molecule has 37 heavy (non-hydrogen) atoms. The molecule has 1 atom stereocenters. The normalized spacial score (nSPS) is 12.0. The molecule has 0 aliphatic heterocycles. The van der Waals surface area contributed by atoms with Gasteiger partial charge in [-0.05, 0) is 71.6 Å². The third-order valence-electron chi connectivity index (χ3n) is 6.12. The number of aromatic amines is 1. The van der Waals surface area contributed by atoms with Gasteiger partial charge in [0.1, 0.15) is 17.4 Å². The molecule has 2 heterocycles. The van der Waals surface area contributed by atoms with E-state index in [1.54, 1.807) is 48.8 Å². The Morgan fingerprint density at radius 3 is 2.54 bits per heavy atom. The number of amides is 1. The first-order valence-corrected chi connectivity index (χ1v) is 12.0. The highest BCUT2D eigenvalue weighted by molar-refractivity contribution is 6.30. The number of aromatic nitrogens is 2. The Labute approximate surface area is 216 Å². The van der Waals surface area contributed by atoms with E-state index < -0.39 is 17.7 Å². The maximum absolute atomic E-state index is 14.0. The summed E-state index contributed by atoms with van der Waals surface area (Å²) in [6.45, 7) is 0. The summed E-state index contributed by atoms with van der Waals surface area (Å²) in [5.74, 6) is -1.60. The third kappa shape index (κ3) is 5.62. The van der Waals surface area contributed by atoms with E-state index in [9.17, 15) is 18.7 Å². The van der Waals surface area contributed by atoms with Crippen molar-refractivity contribution in [1.82, 2.24) is 15.3 Å². The number of fused-ring (bicyclic) bond motifs is 1. The molecule has 3 aromatic carbocycles. The second-order valence-corrected chi connectivity index (χ2v) is 9.20. The van der Waals surface area contributed by atoms with E-state index in [0.717, 1.165) is 28.1 Å². The lowest BCUT2D eigenvalue weighted by Gasteiger charge is -2.22. The average Bonchev–Trinajstić information content (AvgIpc) is 3.25. The van der Waals surface area contributed by atoms with E-state index in [-0.39, 0.29) is 24.5 Å². The van der Waals surface area contributed by atoms with E-state index in [1.807, 2.05) is 18.2 Å². The van der Waals surface area contributed by atoms with Gasteiger partial charge in [0.15, 0.2) is 0 Å². The van der Waals surface area contributed by atoms with Gasteiger partial charge >= 0.3 is 0 Å². The van der Waals surface area contributed by atoms with Gasteiger partial charge in [0, 0.05) is 39.9 Å². The Balaban J connectivity index is 1.49. The summed E-state index contributed by atoms with van der Waals surface area (Å²) in [5.41, 5.74) is 4.04. The molecule has 8 heteroatoms. The molecular weight excluding hydrogens is 496 g/mol. The first kappa shape index (κ1) is 24.5. The van der Waals surface area contributed by atoms with Crippen LogP contribution in [0.5, 0.6) is 5.75 Å². The van der Waals surface area contributed by atoms with Crippen LogP contribution >= 0.6 is 11.6 Å². The molecule has 1 amide bonds. The average molecular weight is 518 g/mol. The monoisotopic (exact) mass is 517 g/mol. The van der Waals surface area contributed by atoms with E-state index >= 15 is 0 Å². The number of phenolic OH excluding ortho intramolecular Hbond substituents is 1. The van der Waals surface area contributed by atoms with Crippen molar-refractivity contribution in [3.05, 3.63) is 119 Å². The van der Waals surface area contributed by atoms with Crippen molar-refractivity contribution in [1.29, 1.82) is 0 Å². The third-order valence-corrected chi connectivity index (χ3v) is 6.38. The Bertz CT molecular complexity index is 1560. The highest BCUT2D eigenvalue weighted by Gasteiger charge is 2.22. The number of carbonyl (C=O) groups is 1. The van der Waals surface area contributed by atoms with Crippen LogP contribution in [0.15, 0.2) is 85.2 Å². The predicted octanol–water partition coefficient (Wildman–Crippen LogP) is 6.51. The molecule has 0 fully saturated rings. The number of benzene rings is 3.